The Labute approximate surface area is 129 Å². The van der Waals surface area contributed by atoms with Gasteiger partial charge in [0.15, 0.2) is 0 Å². The highest BCUT2D eigenvalue weighted by atomic mass is 19.1. The van der Waals surface area contributed by atoms with E-state index < -0.39 is 0 Å². The maximum Gasteiger partial charge on any atom is 0.131 e. The van der Waals surface area contributed by atoms with Gasteiger partial charge in [0.05, 0.1) is 12.7 Å². The lowest BCUT2D eigenvalue weighted by atomic mass is 9.78. The first-order chi connectivity index (χ1) is 10.6. The highest BCUT2D eigenvalue weighted by Gasteiger charge is 2.41. The van der Waals surface area contributed by atoms with E-state index in [9.17, 15) is 9.50 Å². The van der Waals surface area contributed by atoms with Crippen molar-refractivity contribution in [2.45, 2.75) is 24.9 Å². The summed E-state index contributed by atoms with van der Waals surface area (Å²) in [5, 5.41) is 21.4. The molecule has 112 valence electrons. The predicted molar refractivity (Wildman–Crippen MR) is 82.7 cm³/mol. The fourth-order valence-corrected chi connectivity index (χ4v) is 3.00. The Bertz CT molecular complexity index is 721. The third-order valence-corrected chi connectivity index (χ3v) is 4.25. The summed E-state index contributed by atoms with van der Waals surface area (Å²) in [5.41, 5.74) is 3.25. The summed E-state index contributed by atoms with van der Waals surface area (Å²) in [5.74, 6) is -0.256. The second-order valence-corrected chi connectivity index (χ2v) is 5.69. The summed E-state index contributed by atoms with van der Waals surface area (Å²) in [4.78, 5) is 0. The van der Waals surface area contributed by atoms with Gasteiger partial charge in [-0.3, -0.25) is 5.32 Å². The van der Waals surface area contributed by atoms with E-state index >= 15 is 0 Å². The van der Waals surface area contributed by atoms with Gasteiger partial charge in [-0.05, 0) is 29.7 Å². The molecule has 2 aromatic rings. The number of hydrogen-bond donors (Lipinski definition) is 2. The van der Waals surface area contributed by atoms with Gasteiger partial charge >= 0.3 is 0 Å². The van der Waals surface area contributed by atoms with Crippen molar-refractivity contribution < 1.29 is 9.50 Å². The Morgan fingerprint density at radius 3 is 2.55 bits per heavy atom. The third-order valence-electron chi connectivity index (χ3n) is 4.25. The molecule has 2 N–H and O–H groups in total. The predicted octanol–water partition coefficient (Wildman–Crippen LogP) is 2.74. The molecule has 0 radical (unpaired) electrons. The number of benzene rings is 2. The normalized spacial score (nSPS) is 23.6. The molecule has 1 fully saturated rings. The van der Waals surface area contributed by atoms with Crippen LogP contribution in [0.1, 0.15) is 17.0 Å². The zero-order chi connectivity index (χ0) is 15.7. The Kier molecular flexibility index (Phi) is 3.93. The fourth-order valence-electron chi connectivity index (χ4n) is 3.00. The molecule has 0 amide bonds. The van der Waals surface area contributed by atoms with Crippen LogP contribution in [0.15, 0.2) is 42.5 Å². The molecule has 1 saturated heterocycles. The van der Waals surface area contributed by atoms with Crippen LogP contribution in [0, 0.1) is 24.1 Å². The van der Waals surface area contributed by atoms with E-state index in [4.69, 9.17) is 5.26 Å². The lowest BCUT2D eigenvalue weighted by Crippen LogP contribution is -2.60. The topological polar surface area (TPSA) is 56.0 Å². The zero-order valence-corrected chi connectivity index (χ0v) is 12.3. The van der Waals surface area contributed by atoms with Crippen molar-refractivity contribution in [1.29, 1.82) is 5.26 Å². The molecule has 3 rings (SSSR count). The molecule has 1 heterocycles. The van der Waals surface area contributed by atoms with E-state index in [-0.39, 0.29) is 30.4 Å². The van der Waals surface area contributed by atoms with Crippen LogP contribution in [0.3, 0.4) is 0 Å². The molecule has 1 aliphatic heterocycles. The smallest absolute Gasteiger partial charge is 0.131 e. The van der Waals surface area contributed by atoms with Gasteiger partial charge in [-0.15, -0.1) is 0 Å². The molecule has 0 aliphatic carbocycles. The van der Waals surface area contributed by atoms with Gasteiger partial charge in [-0.25, -0.2) is 4.39 Å². The summed E-state index contributed by atoms with van der Waals surface area (Å²) in [6.45, 7) is 1.85. The minimum atomic E-state index is -0.279. The molecular weight excluding hydrogens is 279 g/mol. The molecule has 3 nitrogen and oxygen atoms in total. The van der Waals surface area contributed by atoms with Crippen molar-refractivity contribution in [2.75, 3.05) is 6.61 Å². The molecule has 3 atom stereocenters. The molecule has 4 heteroatoms. The second-order valence-electron chi connectivity index (χ2n) is 5.69. The summed E-state index contributed by atoms with van der Waals surface area (Å²) >= 11 is 0. The SMILES string of the molecule is Cc1ccc(-c2ccc([C@H]3[C@H](C#N)N[C@H]3CO)cc2)c(F)c1. The quantitative estimate of drug-likeness (QED) is 0.915. The molecule has 0 spiro atoms. The van der Waals surface area contributed by atoms with Gasteiger partial charge in [-0.2, -0.15) is 5.26 Å². The number of rotatable bonds is 3. The number of halogens is 1. The molecule has 0 saturated carbocycles. The van der Waals surface area contributed by atoms with Crippen LogP contribution in [0.4, 0.5) is 4.39 Å². The maximum absolute atomic E-state index is 14.0. The molecule has 1 aliphatic rings. The minimum Gasteiger partial charge on any atom is -0.395 e. The van der Waals surface area contributed by atoms with Crippen molar-refractivity contribution in [3.05, 3.63) is 59.4 Å². The van der Waals surface area contributed by atoms with Gasteiger partial charge in [0, 0.05) is 17.5 Å². The van der Waals surface area contributed by atoms with Gasteiger partial charge < -0.3 is 5.11 Å². The van der Waals surface area contributed by atoms with E-state index in [2.05, 4.69) is 11.4 Å². The van der Waals surface area contributed by atoms with Crippen LogP contribution < -0.4 is 5.32 Å². The first-order valence-corrected chi connectivity index (χ1v) is 7.27. The summed E-state index contributed by atoms with van der Waals surface area (Å²) in [6.07, 6.45) is 0. The molecule has 0 bridgehead atoms. The van der Waals surface area contributed by atoms with E-state index in [0.29, 0.717) is 5.56 Å². The maximum atomic E-state index is 14.0. The van der Waals surface area contributed by atoms with Crippen molar-refractivity contribution in [3.63, 3.8) is 0 Å². The summed E-state index contributed by atoms with van der Waals surface area (Å²) < 4.78 is 14.0. The number of aliphatic hydroxyl groups is 1. The average molecular weight is 296 g/mol. The average Bonchev–Trinajstić information content (AvgIpc) is 2.48. The first kappa shape index (κ1) is 14.7. The molecular formula is C18H17FN2O. The van der Waals surface area contributed by atoms with Crippen molar-refractivity contribution in [2.24, 2.45) is 0 Å². The number of aryl methyl sites for hydroxylation is 1. The van der Waals surface area contributed by atoms with Crippen LogP contribution in [0.5, 0.6) is 0 Å². The van der Waals surface area contributed by atoms with Crippen LogP contribution in [-0.2, 0) is 0 Å². The molecule has 2 aromatic carbocycles. The van der Waals surface area contributed by atoms with Gasteiger partial charge in [0.1, 0.15) is 11.9 Å². The highest BCUT2D eigenvalue weighted by molar-refractivity contribution is 5.65. The second kappa shape index (κ2) is 5.88. The standard InChI is InChI=1S/C18H17FN2O/c1-11-2-7-14(15(19)8-11)12-3-5-13(6-4-12)18-16(9-20)21-17(18)10-22/h2-8,16-18,21-22H,10H2,1H3/t16-,17-,18-/m0/s1. The lowest BCUT2D eigenvalue weighted by Gasteiger charge is -2.41. The van der Waals surface area contributed by atoms with Crippen molar-refractivity contribution >= 4 is 0 Å². The number of hydrogen-bond acceptors (Lipinski definition) is 3. The van der Waals surface area contributed by atoms with Crippen molar-refractivity contribution in [1.82, 2.24) is 5.32 Å². The first-order valence-electron chi connectivity index (χ1n) is 7.27. The van der Waals surface area contributed by atoms with Crippen LogP contribution in [-0.4, -0.2) is 23.8 Å². The van der Waals surface area contributed by atoms with Crippen molar-refractivity contribution in [3.8, 4) is 17.2 Å². The number of nitrogens with one attached hydrogen (secondary N) is 1. The minimum absolute atomic E-state index is 0.00279. The molecule has 0 unspecified atom stereocenters. The summed E-state index contributed by atoms with van der Waals surface area (Å²) in [6, 6.07) is 14.6. The molecule has 0 aromatic heterocycles. The van der Waals surface area contributed by atoms with E-state index in [1.165, 1.54) is 6.07 Å². The Hall–Kier alpha value is -2.22. The van der Waals surface area contributed by atoms with E-state index in [1.807, 2.05) is 37.3 Å². The van der Waals surface area contributed by atoms with E-state index in [0.717, 1.165) is 16.7 Å². The molecule has 22 heavy (non-hydrogen) atoms. The Balaban J connectivity index is 1.88. The van der Waals surface area contributed by atoms with Gasteiger partial charge in [0.25, 0.3) is 0 Å². The van der Waals surface area contributed by atoms with Crippen LogP contribution in [0.2, 0.25) is 0 Å². The zero-order valence-electron chi connectivity index (χ0n) is 12.3. The number of nitrogens with zero attached hydrogens (tertiary/aromatic N) is 1. The highest BCUT2D eigenvalue weighted by Crippen LogP contribution is 2.33. The summed E-state index contributed by atoms with van der Waals surface area (Å²) in [7, 11) is 0. The Morgan fingerprint density at radius 1 is 1.23 bits per heavy atom. The monoisotopic (exact) mass is 296 g/mol. The number of nitriles is 1. The fraction of sp³-hybridized carbons (Fsp3) is 0.278. The van der Waals surface area contributed by atoms with Gasteiger partial charge in [-0.1, -0.05) is 36.4 Å². The Morgan fingerprint density at radius 2 is 1.95 bits per heavy atom. The third kappa shape index (κ3) is 2.50. The lowest BCUT2D eigenvalue weighted by molar-refractivity contribution is 0.151. The largest absolute Gasteiger partial charge is 0.395 e. The van der Waals surface area contributed by atoms with Crippen LogP contribution >= 0.6 is 0 Å². The van der Waals surface area contributed by atoms with Crippen LogP contribution in [0.25, 0.3) is 11.1 Å². The van der Waals surface area contributed by atoms with Gasteiger partial charge in [0.2, 0.25) is 0 Å². The van der Waals surface area contributed by atoms with E-state index in [1.54, 1.807) is 6.07 Å². The number of aliphatic hydroxyl groups excluding tert-OH is 1.